The number of rotatable bonds is 4. The molecule has 0 unspecified atom stereocenters. The third kappa shape index (κ3) is 3.21. The molecule has 1 aromatic rings. The summed E-state index contributed by atoms with van der Waals surface area (Å²) in [5.41, 5.74) is 3.18. The van der Waals surface area contributed by atoms with Crippen molar-refractivity contribution in [3.05, 3.63) is 34.9 Å². The van der Waals surface area contributed by atoms with Gasteiger partial charge in [0.1, 0.15) is 0 Å². The number of amides is 1. The van der Waals surface area contributed by atoms with Crippen LogP contribution in [0.2, 0.25) is 0 Å². The molecule has 1 amide bonds. The Morgan fingerprint density at radius 1 is 1.30 bits per heavy atom. The summed E-state index contributed by atoms with van der Waals surface area (Å²) in [4.78, 5) is 15.0. The van der Waals surface area contributed by atoms with Crippen LogP contribution in [0, 0.1) is 13.8 Å². The van der Waals surface area contributed by atoms with Crippen molar-refractivity contribution in [2.45, 2.75) is 46.1 Å². The average molecular weight is 274 g/mol. The van der Waals surface area contributed by atoms with Crippen molar-refractivity contribution in [3.8, 4) is 0 Å². The Hall–Kier alpha value is -1.35. The summed E-state index contributed by atoms with van der Waals surface area (Å²) in [5.74, 6) is 0.208. The fourth-order valence-corrected chi connectivity index (χ4v) is 2.95. The number of hydrogen-bond donors (Lipinski definition) is 1. The minimum absolute atomic E-state index is 0.208. The van der Waals surface area contributed by atoms with Crippen molar-refractivity contribution in [1.82, 2.24) is 10.2 Å². The highest BCUT2D eigenvalue weighted by Gasteiger charge is 2.26. The largest absolute Gasteiger partial charge is 0.336 e. The predicted molar refractivity (Wildman–Crippen MR) is 83.1 cm³/mol. The van der Waals surface area contributed by atoms with Crippen molar-refractivity contribution >= 4 is 5.91 Å². The van der Waals surface area contributed by atoms with Crippen LogP contribution in [-0.2, 0) is 0 Å². The molecule has 1 aliphatic heterocycles. The van der Waals surface area contributed by atoms with Crippen LogP contribution < -0.4 is 5.32 Å². The van der Waals surface area contributed by atoms with Crippen molar-refractivity contribution in [2.24, 2.45) is 0 Å². The molecule has 1 aromatic carbocycles. The molecular formula is C17H26N2O. The summed E-state index contributed by atoms with van der Waals surface area (Å²) in [7, 11) is 0. The quantitative estimate of drug-likeness (QED) is 0.915. The molecule has 0 spiro atoms. The monoisotopic (exact) mass is 274 g/mol. The van der Waals surface area contributed by atoms with Gasteiger partial charge in [0.2, 0.25) is 0 Å². The topological polar surface area (TPSA) is 32.3 Å². The Morgan fingerprint density at radius 2 is 2.00 bits per heavy atom. The summed E-state index contributed by atoms with van der Waals surface area (Å²) >= 11 is 0. The lowest BCUT2D eigenvalue weighted by atomic mass is 9.99. The van der Waals surface area contributed by atoms with E-state index in [-0.39, 0.29) is 5.91 Å². The number of benzene rings is 1. The Kier molecular flexibility index (Phi) is 5.18. The van der Waals surface area contributed by atoms with E-state index in [2.05, 4.69) is 37.1 Å². The molecule has 1 fully saturated rings. The van der Waals surface area contributed by atoms with Crippen LogP contribution in [0.1, 0.15) is 47.7 Å². The van der Waals surface area contributed by atoms with E-state index in [4.69, 9.17) is 0 Å². The summed E-state index contributed by atoms with van der Waals surface area (Å²) in [6.07, 6.45) is 3.15. The number of piperidine rings is 1. The first kappa shape index (κ1) is 15.0. The van der Waals surface area contributed by atoms with Crippen molar-refractivity contribution in [1.29, 1.82) is 0 Å². The second-order valence-corrected chi connectivity index (χ2v) is 5.73. The van der Waals surface area contributed by atoms with E-state index < -0.39 is 0 Å². The minimum atomic E-state index is 0.208. The lowest BCUT2D eigenvalue weighted by Crippen LogP contribution is -2.46. The summed E-state index contributed by atoms with van der Waals surface area (Å²) < 4.78 is 0. The molecule has 1 aliphatic rings. The van der Waals surface area contributed by atoms with Gasteiger partial charge in [-0.1, -0.05) is 19.1 Å². The van der Waals surface area contributed by atoms with E-state index in [0.29, 0.717) is 6.04 Å². The average Bonchev–Trinajstić information content (AvgIpc) is 2.48. The summed E-state index contributed by atoms with van der Waals surface area (Å²) in [6.45, 7) is 9.16. The first-order chi connectivity index (χ1) is 9.65. The van der Waals surface area contributed by atoms with Crippen LogP contribution >= 0.6 is 0 Å². The second kappa shape index (κ2) is 6.89. The Bertz CT molecular complexity index is 464. The zero-order chi connectivity index (χ0) is 14.5. The highest BCUT2D eigenvalue weighted by atomic mass is 16.2. The molecule has 0 radical (unpaired) electrons. The zero-order valence-corrected chi connectivity index (χ0v) is 12.9. The van der Waals surface area contributed by atoms with Crippen molar-refractivity contribution in [3.63, 3.8) is 0 Å². The van der Waals surface area contributed by atoms with E-state index in [0.717, 1.165) is 50.0 Å². The Labute approximate surface area is 122 Å². The third-order valence-corrected chi connectivity index (χ3v) is 4.31. The van der Waals surface area contributed by atoms with Gasteiger partial charge in [-0.05, 0) is 63.4 Å². The smallest absolute Gasteiger partial charge is 0.254 e. The normalized spacial score (nSPS) is 16.1. The molecule has 0 bridgehead atoms. The predicted octanol–water partition coefficient (Wildman–Crippen LogP) is 2.91. The van der Waals surface area contributed by atoms with Crippen LogP contribution in [-0.4, -0.2) is 36.5 Å². The maximum absolute atomic E-state index is 12.9. The van der Waals surface area contributed by atoms with Crippen LogP contribution in [0.3, 0.4) is 0 Å². The fraction of sp³-hybridized carbons (Fsp3) is 0.588. The molecule has 1 saturated heterocycles. The van der Waals surface area contributed by atoms with E-state index in [1.807, 2.05) is 12.1 Å². The molecule has 20 heavy (non-hydrogen) atoms. The van der Waals surface area contributed by atoms with Crippen LogP contribution in [0.4, 0.5) is 0 Å². The maximum Gasteiger partial charge on any atom is 0.254 e. The number of nitrogens with zero attached hydrogens (tertiary/aromatic N) is 1. The minimum Gasteiger partial charge on any atom is -0.336 e. The summed E-state index contributed by atoms with van der Waals surface area (Å²) in [5, 5.41) is 3.37. The van der Waals surface area contributed by atoms with Gasteiger partial charge in [-0.15, -0.1) is 0 Å². The summed E-state index contributed by atoms with van der Waals surface area (Å²) in [6, 6.07) is 6.42. The van der Waals surface area contributed by atoms with E-state index in [9.17, 15) is 4.79 Å². The molecule has 0 saturated carbocycles. The van der Waals surface area contributed by atoms with Gasteiger partial charge in [-0.2, -0.15) is 0 Å². The molecule has 0 aromatic heterocycles. The van der Waals surface area contributed by atoms with Gasteiger partial charge in [0.25, 0.3) is 5.91 Å². The van der Waals surface area contributed by atoms with Crippen LogP contribution in [0.25, 0.3) is 0 Å². The third-order valence-electron chi connectivity index (χ3n) is 4.31. The van der Waals surface area contributed by atoms with Crippen molar-refractivity contribution < 1.29 is 4.79 Å². The van der Waals surface area contributed by atoms with Gasteiger partial charge >= 0.3 is 0 Å². The molecule has 0 atom stereocenters. The first-order valence-electron chi connectivity index (χ1n) is 7.73. The Morgan fingerprint density at radius 3 is 2.65 bits per heavy atom. The van der Waals surface area contributed by atoms with Gasteiger partial charge in [0, 0.05) is 18.2 Å². The molecule has 1 N–H and O–H groups in total. The highest BCUT2D eigenvalue weighted by molar-refractivity contribution is 5.96. The number of carbonyl (C=O) groups is 1. The zero-order valence-electron chi connectivity index (χ0n) is 12.9. The van der Waals surface area contributed by atoms with Gasteiger partial charge < -0.3 is 10.2 Å². The first-order valence-corrected chi connectivity index (χ1v) is 7.73. The van der Waals surface area contributed by atoms with Gasteiger partial charge in [0.05, 0.1) is 0 Å². The van der Waals surface area contributed by atoms with Gasteiger partial charge in [0.15, 0.2) is 0 Å². The number of hydrogen-bond acceptors (Lipinski definition) is 2. The van der Waals surface area contributed by atoms with Crippen LogP contribution in [0.5, 0.6) is 0 Å². The molecule has 3 heteroatoms. The van der Waals surface area contributed by atoms with E-state index in [1.54, 1.807) is 0 Å². The number of aryl methyl sites for hydroxylation is 1. The molecule has 0 aliphatic carbocycles. The number of carbonyl (C=O) groups excluding carboxylic acids is 1. The molecule has 3 nitrogen and oxygen atoms in total. The van der Waals surface area contributed by atoms with E-state index in [1.165, 1.54) is 5.56 Å². The Balaban J connectivity index is 2.23. The molecule has 1 heterocycles. The van der Waals surface area contributed by atoms with Gasteiger partial charge in [-0.3, -0.25) is 4.79 Å². The maximum atomic E-state index is 12.9. The standard InChI is InChI=1S/C17H26N2O/c1-4-12-19(15-8-10-18-11-9-15)17(20)16-7-5-6-13(2)14(16)3/h5-7,15,18H,4,8-12H2,1-3H3. The van der Waals surface area contributed by atoms with Crippen molar-refractivity contribution in [2.75, 3.05) is 19.6 Å². The lowest BCUT2D eigenvalue weighted by Gasteiger charge is -2.35. The SMILES string of the molecule is CCCN(C(=O)c1cccc(C)c1C)C1CCNCC1. The number of nitrogens with one attached hydrogen (secondary N) is 1. The molecule has 110 valence electrons. The van der Waals surface area contributed by atoms with Gasteiger partial charge in [-0.25, -0.2) is 0 Å². The molecular weight excluding hydrogens is 248 g/mol. The van der Waals surface area contributed by atoms with Crippen LogP contribution in [0.15, 0.2) is 18.2 Å². The lowest BCUT2D eigenvalue weighted by molar-refractivity contribution is 0.0642. The molecule has 2 rings (SSSR count). The highest BCUT2D eigenvalue weighted by Crippen LogP contribution is 2.20. The van der Waals surface area contributed by atoms with E-state index >= 15 is 0 Å². The second-order valence-electron chi connectivity index (χ2n) is 5.73. The fourth-order valence-electron chi connectivity index (χ4n) is 2.95.